The zero-order valence-corrected chi connectivity index (χ0v) is 12.0. The Bertz CT molecular complexity index is 323. The first-order valence-electron chi connectivity index (χ1n) is 5.82. The molecule has 0 aromatic carbocycles. The van der Waals surface area contributed by atoms with Gasteiger partial charge in [0.15, 0.2) is 0 Å². The molecular formula is C11H18BrN3S. The Hall–Kier alpha value is 0.0300. The number of nitrogens with zero attached hydrogens (tertiary/aromatic N) is 2. The number of nitrogens with one attached hydrogen (secondary N) is 1. The lowest BCUT2D eigenvalue weighted by atomic mass is 10.3. The normalized spacial score (nSPS) is 19.1. The molecule has 3 nitrogen and oxygen atoms in total. The summed E-state index contributed by atoms with van der Waals surface area (Å²) in [6.45, 7) is 6.95. The van der Waals surface area contributed by atoms with E-state index < -0.39 is 0 Å². The van der Waals surface area contributed by atoms with Crippen LogP contribution in [0.25, 0.3) is 0 Å². The predicted molar refractivity (Wildman–Crippen MR) is 71.9 cm³/mol. The Morgan fingerprint density at radius 2 is 2.31 bits per heavy atom. The number of likely N-dealkylation sites (tertiary alicyclic amines) is 1. The largest absolute Gasteiger partial charge is 0.307 e. The molecule has 0 bridgehead atoms. The van der Waals surface area contributed by atoms with Crippen LogP contribution >= 0.6 is 27.3 Å². The zero-order chi connectivity index (χ0) is 11.4. The molecule has 1 aromatic rings. The van der Waals surface area contributed by atoms with E-state index >= 15 is 0 Å². The number of halogens is 1. The van der Waals surface area contributed by atoms with Gasteiger partial charge in [0.1, 0.15) is 5.01 Å². The fourth-order valence-electron chi connectivity index (χ4n) is 2.00. The van der Waals surface area contributed by atoms with Crippen molar-refractivity contribution in [2.75, 3.05) is 26.2 Å². The SMILES string of the molecule is CC(NCCN1CCCC1)c1ncc(Br)s1. The van der Waals surface area contributed by atoms with Crippen LogP contribution in [0.5, 0.6) is 0 Å². The first kappa shape index (κ1) is 12.5. The van der Waals surface area contributed by atoms with Crippen LogP contribution in [-0.2, 0) is 0 Å². The van der Waals surface area contributed by atoms with Gasteiger partial charge in [-0.2, -0.15) is 0 Å². The van der Waals surface area contributed by atoms with Gasteiger partial charge < -0.3 is 10.2 Å². The van der Waals surface area contributed by atoms with Crippen molar-refractivity contribution in [1.29, 1.82) is 0 Å². The van der Waals surface area contributed by atoms with E-state index in [1.807, 2.05) is 6.20 Å². The van der Waals surface area contributed by atoms with E-state index in [0.29, 0.717) is 6.04 Å². The van der Waals surface area contributed by atoms with Gasteiger partial charge in [0.05, 0.1) is 16.0 Å². The third-order valence-electron chi connectivity index (χ3n) is 2.94. The van der Waals surface area contributed by atoms with E-state index in [0.717, 1.165) is 21.9 Å². The maximum Gasteiger partial charge on any atom is 0.110 e. The monoisotopic (exact) mass is 303 g/mol. The van der Waals surface area contributed by atoms with E-state index in [-0.39, 0.29) is 0 Å². The summed E-state index contributed by atoms with van der Waals surface area (Å²) in [4.78, 5) is 6.89. The van der Waals surface area contributed by atoms with Gasteiger partial charge in [0, 0.05) is 13.1 Å². The second-order valence-electron chi connectivity index (χ2n) is 4.23. The van der Waals surface area contributed by atoms with Gasteiger partial charge in [-0.15, -0.1) is 11.3 Å². The Kier molecular flexibility index (Phi) is 4.76. The summed E-state index contributed by atoms with van der Waals surface area (Å²) in [6, 6.07) is 0.360. The third-order valence-corrected chi connectivity index (χ3v) is 4.60. The molecular weight excluding hydrogens is 286 g/mol. The first-order chi connectivity index (χ1) is 7.75. The van der Waals surface area contributed by atoms with Gasteiger partial charge in [0.25, 0.3) is 0 Å². The molecule has 2 rings (SSSR count). The van der Waals surface area contributed by atoms with Crippen LogP contribution in [0, 0.1) is 0 Å². The molecule has 5 heteroatoms. The maximum atomic E-state index is 4.36. The number of hydrogen-bond acceptors (Lipinski definition) is 4. The molecule has 1 atom stereocenters. The highest BCUT2D eigenvalue weighted by molar-refractivity contribution is 9.11. The molecule has 16 heavy (non-hydrogen) atoms. The lowest BCUT2D eigenvalue weighted by Crippen LogP contribution is -2.31. The Morgan fingerprint density at radius 1 is 1.56 bits per heavy atom. The first-order valence-corrected chi connectivity index (χ1v) is 7.43. The molecule has 1 aliphatic heterocycles. The van der Waals surface area contributed by atoms with Gasteiger partial charge >= 0.3 is 0 Å². The maximum absolute atomic E-state index is 4.36. The number of thiazole rings is 1. The Morgan fingerprint density at radius 3 is 2.94 bits per heavy atom. The molecule has 0 spiro atoms. The van der Waals surface area contributed by atoms with Crippen LogP contribution in [0.4, 0.5) is 0 Å². The summed E-state index contributed by atoms with van der Waals surface area (Å²) < 4.78 is 1.11. The topological polar surface area (TPSA) is 28.2 Å². The van der Waals surface area contributed by atoms with Gasteiger partial charge in [-0.25, -0.2) is 4.98 Å². The second-order valence-corrected chi connectivity index (χ2v) is 6.67. The van der Waals surface area contributed by atoms with E-state index in [1.54, 1.807) is 11.3 Å². The molecule has 90 valence electrons. The van der Waals surface area contributed by atoms with Crippen LogP contribution < -0.4 is 5.32 Å². The van der Waals surface area contributed by atoms with Crippen molar-refractivity contribution in [2.24, 2.45) is 0 Å². The van der Waals surface area contributed by atoms with Crippen molar-refractivity contribution >= 4 is 27.3 Å². The van der Waals surface area contributed by atoms with Crippen molar-refractivity contribution < 1.29 is 0 Å². The number of rotatable bonds is 5. The second kappa shape index (κ2) is 6.10. The highest BCUT2D eigenvalue weighted by atomic mass is 79.9. The fraction of sp³-hybridized carbons (Fsp3) is 0.727. The minimum atomic E-state index is 0.360. The summed E-state index contributed by atoms with van der Waals surface area (Å²) >= 11 is 5.15. The number of hydrogen-bond donors (Lipinski definition) is 1. The van der Waals surface area contributed by atoms with Gasteiger partial charge in [-0.05, 0) is 48.8 Å². The summed E-state index contributed by atoms with van der Waals surface area (Å²) in [5.74, 6) is 0. The molecule has 1 saturated heterocycles. The molecule has 1 aromatic heterocycles. The van der Waals surface area contributed by atoms with Crippen molar-refractivity contribution in [3.05, 3.63) is 15.0 Å². The molecule has 1 fully saturated rings. The van der Waals surface area contributed by atoms with Crippen molar-refractivity contribution in [1.82, 2.24) is 15.2 Å². The van der Waals surface area contributed by atoms with E-state index in [4.69, 9.17) is 0 Å². The summed E-state index contributed by atoms with van der Waals surface area (Å²) in [5.41, 5.74) is 0. The van der Waals surface area contributed by atoms with Crippen molar-refractivity contribution in [2.45, 2.75) is 25.8 Å². The van der Waals surface area contributed by atoms with Gasteiger partial charge in [0.2, 0.25) is 0 Å². The van der Waals surface area contributed by atoms with E-state index in [1.165, 1.54) is 25.9 Å². The third kappa shape index (κ3) is 3.52. The zero-order valence-electron chi connectivity index (χ0n) is 9.58. The molecule has 0 radical (unpaired) electrons. The molecule has 1 aliphatic rings. The highest BCUT2D eigenvalue weighted by Crippen LogP contribution is 2.23. The molecule has 2 heterocycles. The smallest absolute Gasteiger partial charge is 0.110 e. The highest BCUT2D eigenvalue weighted by Gasteiger charge is 2.12. The lowest BCUT2D eigenvalue weighted by Gasteiger charge is -2.17. The quantitative estimate of drug-likeness (QED) is 0.906. The van der Waals surface area contributed by atoms with E-state index in [9.17, 15) is 0 Å². The molecule has 1 unspecified atom stereocenters. The van der Waals surface area contributed by atoms with Crippen molar-refractivity contribution in [3.63, 3.8) is 0 Å². The molecule has 0 amide bonds. The van der Waals surface area contributed by atoms with Crippen LogP contribution in [0.2, 0.25) is 0 Å². The standard InChI is InChI=1S/C11H18BrN3S/c1-9(11-14-8-10(12)16-11)13-4-7-15-5-2-3-6-15/h8-9,13H,2-7H2,1H3. The minimum Gasteiger partial charge on any atom is -0.307 e. The number of aromatic nitrogens is 1. The predicted octanol–water partition coefficient (Wildman–Crippen LogP) is 2.65. The Balaban J connectivity index is 1.69. The van der Waals surface area contributed by atoms with Crippen LogP contribution in [0.3, 0.4) is 0 Å². The molecule has 0 aliphatic carbocycles. The summed E-state index contributed by atoms with van der Waals surface area (Å²) in [5, 5.41) is 4.68. The summed E-state index contributed by atoms with van der Waals surface area (Å²) in [6.07, 6.45) is 4.61. The average molecular weight is 304 g/mol. The van der Waals surface area contributed by atoms with Crippen LogP contribution in [0.15, 0.2) is 9.98 Å². The lowest BCUT2D eigenvalue weighted by molar-refractivity contribution is 0.329. The van der Waals surface area contributed by atoms with Crippen LogP contribution in [-0.4, -0.2) is 36.1 Å². The van der Waals surface area contributed by atoms with Crippen molar-refractivity contribution in [3.8, 4) is 0 Å². The molecule has 1 N–H and O–H groups in total. The van der Waals surface area contributed by atoms with Gasteiger partial charge in [-0.3, -0.25) is 0 Å². The van der Waals surface area contributed by atoms with Gasteiger partial charge in [-0.1, -0.05) is 0 Å². The van der Waals surface area contributed by atoms with E-state index in [2.05, 4.69) is 38.1 Å². The Labute approximate surface area is 109 Å². The summed E-state index contributed by atoms with van der Waals surface area (Å²) in [7, 11) is 0. The molecule has 0 saturated carbocycles. The average Bonchev–Trinajstić information content (AvgIpc) is 2.89. The fourth-order valence-corrected chi connectivity index (χ4v) is 3.27. The minimum absolute atomic E-state index is 0.360. The van der Waals surface area contributed by atoms with Crippen LogP contribution in [0.1, 0.15) is 30.8 Å².